The first kappa shape index (κ1) is 63.7. The fourth-order valence-electron chi connectivity index (χ4n) is 6.05. The Morgan fingerprint density at radius 1 is 0.647 bits per heavy atom. The Hall–Kier alpha value is -2.33. The van der Waals surface area contributed by atoms with Crippen molar-refractivity contribution in [2.75, 3.05) is 6.61 Å². The highest BCUT2D eigenvalue weighted by molar-refractivity contribution is 14.1. The summed E-state index contributed by atoms with van der Waals surface area (Å²) in [5.41, 5.74) is 1.07. The number of phenols is 1. The summed E-state index contributed by atoms with van der Waals surface area (Å²) in [7, 11) is 0. The van der Waals surface area contributed by atoms with Gasteiger partial charge < -0.3 is 50.0 Å². The minimum absolute atomic E-state index is 0.0764. The molecule has 2 heterocycles. The van der Waals surface area contributed by atoms with Crippen LogP contribution in [0.5, 0.6) is 17.2 Å². The second-order valence-corrected chi connectivity index (χ2v) is 20.2. The summed E-state index contributed by atoms with van der Waals surface area (Å²) in [5.74, 6) is 0.926. The number of hydrogen-bond acceptors (Lipinski definition) is 17. The lowest BCUT2D eigenvalue weighted by Gasteiger charge is -2.23. The smallest absolute Gasteiger partial charge is 0.338 e. The van der Waals surface area contributed by atoms with E-state index in [2.05, 4.69) is 105 Å². The third kappa shape index (κ3) is 27.3. The van der Waals surface area contributed by atoms with Crippen LogP contribution in [0.25, 0.3) is 0 Å². The number of benzene rings is 2. The molecule has 23 heteroatoms. The maximum atomic E-state index is 11.4. The minimum Gasteiger partial charge on any atom is -0.506 e. The summed E-state index contributed by atoms with van der Waals surface area (Å²) >= 11 is 8.62. The standard InChI is InChI=1S/C16H30O7.C14H10I4O4.C8H18O3.C7H6N4O/c1-5-16(23-12(4)18)9-15(21)8-14(20)7-13(19)6-10(2)22-11(3)17;15-9-5-8(6-10(16)13(9)19)22-14-11(17)3-7(1-2-21-20)4-12(14)18;1-3-7(10)5-8(11)4-6(2)9;12-7(10-3-1-8-5-10)11-4-2-9-6-11/h10,13-16,19-21H,5-9H2,1-4H3;3-6,19-20H,1-2H2;6-11H,3-5H2,1-2H3;1-6H. The van der Waals surface area contributed by atoms with E-state index < -0.39 is 54.7 Å². The Kier molecular flexibility index (Phi) is 32.7. The fourth-order valence-corrected chi connectivity index (χ4v) is 9.88. The zero-order chi connectivity index (χ0) is 51.5. The molecule has 0 bridgehead atoms. The van der Waals surface area contributed by atoms with Gasteiger partial charge in [-0.3, -0.25) is 24.0 Å². The van der Waals surface area contributed by atoms with Gasteiger partial charge in [-0.15, -0.1) is 0 Å². The van der Waals surface area contributed by atoms with Gasteiger partial charge >= 0.3 is 18.0 Å². The van der Waals surface area contributed by atoms with Crippen LogP contribution < -0.4 is 4.74 Å². The third-order valence-electron chi connectivity index (χ3n) is 9.21. The van der Waals surface area contributed by atoms with Crippen molar-refractivity contribution in [1.29, 1.82) is 0 Å². The first-order valence-corrected chi connectivity index (χ1v) is 25.8. The molecule has 0 aliphatic heterocycles. The first-order valence-electron chi connectivity index (χ1n) is 21.5. The van der Waals surface area contributed by atoms with Gasteiger partial charge in [-0.05, 0) is 179 Å². The Morgan fingerprint density at radius 2 is 1.12 bits per heavy atom. The average Bonchev–Trinajstić information content (AvgIpc) is 3.99. The van der Waals surface area contributed by atoms with Crippen LogP contribution in [0, 0.1) is 14.3 Å². The van der Waals surface area contributed by atoms with E-state index in [0.29, 0.717) is 37.9 Å². The second-order valence-electron chi connectivity index (χ2n) is 15.5. The summed E-state index contributed by atoms with van der Waals surface area (Å²) in [6.45, 7) is 9.86. The molecule has 68 heavy (non-hydrogen) atoms. The minimum atomic E-state index is -0.889. The van der Waals surface area contributed by atoms with E-state index in [0.717, 1.165) is 25.6 Å². The Labute approximate surface area is 451 Å². The van der Waals surface area contributed by atoms with Crippen LogP contribution >= 0.6 is 90.4 Å². The highest BCUT2D eigenvalue weighted by Gasteiger charge is 2.22. The molecule has 19 nitrogen and oxygen atoms in total. The summed E-state index contributed by atoms with van der Waals surface area (Å²) in [4.78, 5) is 44.8. The maximum Gasteiger partial charge on any atom is 0.338 e. The van der Waals surface area contributed by atoms with Gasteiger partial charge in [0.2, 0.25) is 0 Å². The van der Waals surface area contributed by atoms with Crippen molar-refractivity contribution in [3.63, 3.8) is 0 Å². The number of rotatable bonds is 21. The molecule has 0 spiro atoms. The van der Waals surface area contributed by atoms with E-state index >= 15 is 0 Å². The van der Waals surface area contributed by atoms with Crippen molar-refractivity contribution in [1.82, 2.24) is 19.1 Å². The van der Waals surface area contributed by atoms with Crippen LogP contribution in [0.3, 0.4) is 0 Å². The van der Waals surface area contributed by atoms with Crippen molar-refractivity contribution in [3.05, 3.63) is 81.6 Å². The molecule has 0 aliphatic carbocycles. The zero-order valence-electron chi connectivity index (χ0n) is 38.7. The highest BCUT2D eigenvalue weighted by Crippen LogP contribution is 2.37. The molecule has 8 atom stereocenters. The van der Waals surface area contributed by atoms with Gasteiger partial charge in [0.05, 0.1) is 57.5 Å². The van der Waals surface area contributed by atoms with E-state index in [4.69, 9.17) is 29.7 Å². The quantitative estimate of drug-likeness (QED) is 0.0174. The lowest BCUT2D eigenvalue weighted by molar-refractivity contribution is -0.241. The number of imidazole rings is 2. The van der Waals surface area contributed by atoms with Crippen LogP contribution in [-0.2, 0) is 30.4 Å². The average molecular weight is 1410 g/mol. The Morgan fingerprint density at radius 3 is 1.54 bits per heavy atom. The molecule has 0 radical (unpaired) electrons. The van der Waals surface area contributed by atoms with Crippen molar-refractivity contribution in [2.24, 2.45) is 0 Å². The molecule has 8 N–H and O–H groups in total. The van der Waals surface area contributed by atoms with Gasteiger partial charge in [0.15, 0.2) is 5.75 Å². The molecule has 4 rings (SSSR count). The third-order valence-corrected chi connectivity index (χ3v) is 12.5. The topological polar surface area (TPSA) is 286 Å². The predicted molar refractivity (Wildman–Crippen MR) is 285 cm³/mol. The molecule has 0 fully saturated rings. The summed E-state index contributed by atoms with van der Waals surface area (Å²) in [6.07, 6.45) is 7.48. The summed E-state index contributed by atoms with van der Waals surface area (Å²) < 4.78 is 22.2. The van der Waals surface area contributed by atoms with Crippen LogP contribution in [0.2, 0.25) is 0 Å². The second kappa shape index (κ2) is 34.9. The predicted octanol–water partition coefficient (Wildman–Crippen LogP) is 7.43. The first-order chi connectivity index (χ1) is 32.0. The molecular weight excluding hydrogens is 1340 g/mol. The van der Waals surface area contributed by atoms with Crippen LogP contribution in [-0.4, -0.2) is 134 Å². The molecule has 4 aromatic rings. The van der Waals surface area contributed by atoms with Gasteiger partial charge in [0.25, 0.3) is 0 Å². The number of esters is 2. The van der Waals surface area contributed by atoms with Crippen LogP contribution in [0.15, 0.2) is 61.7 Å². The number of hydrogen-bond donors (Lipinski definition) is 8. The molecule has 382 valence electrons. The van der Waals surface area contributed by atoms with E-state index in [1.807, 2.05) is 26.0 Å². The van der Waals surface area contributed by atoms with Gasteiger partial charge in [-0.25, -0.2) is 19.7 Å². The fraction of sp³-hybridized carbons (Fsp3) is 0.533. The molecule has 0 aliphatic rings. The van der Waals surface area contributed by atoms with Gasteiger partial charge in [0, 0.05) is 51.5 Å². The monoisotopic (exact) mass is 1410 g/mol. The van der Waals surface area contributed by atoms with Crippen LogP contribution in [0.4, 0.5) is 4.79 Å². The molecule has 2 aromatic heterocycles. The largest absolute Gasteiger partial charge is 0.506 e. The lowest BCUT2D eigenvalue weighted by Crippen LogP contribution is -2.29. The van der Waals surface area contributed by atoms with Gasteiger partial charge in [-0.1, -0.05) is 13.8 Å². The van der Waals surface area contributed by atoms with Crippen molar-refractivity contribution < 1.29 is 74.5 Å². The molecule has 0 saturated carbocycles. The van der Waals surface area contributed by atoms with E-state index in [-0.39, 0.29) is 50.2 Å². The number of aliphatic hydroxyl groups excluding tert-OH is 6. The molecule has 0 amide bonds. The molecule has 8 unspecified atom stereocenters. The van der Waals surface area contributed by atoms with E-state index in [1.54, 1.807) is 50.8 Å². The number of aromatic nitrogens is 4. The number of phenolic OH excluding ortho intramolecular Hbond substituents is 1. The zero-order valence-corrected chi connectivity index (χ0v) is 47.3. The number of carbonyl (C=O) groups excluding carboxylic acids is 3. The van der Waals surface area contributed by atoms with Gasteiger partial charge in [0.1, 0.15) is 36.4 Å². The number of aromatic hydroxyl groups is 1. The Balaban J connectivity index is 0.000000475. The number of nitrogens with zero attached hydrogens (tertiary/aromatic N) is 4. The van der Waals surface area contributed by atoms with Crippen molar-refractivity contribution in [3.8, 4) is 17.2 Å². The number of halogens is 4. The SMILES string of the molecule is CCC(CC(O)CC(O)CC(O)CC(C)OC(C)=O)OC(C)=O.CCC(O)CC(O)CC(C)O.O=C(n1ccnc1)n1ccnc1.OOCCc1cc(I)c(Oc2cc(I)c(O)c(I)c2)c(I)c1. The Bertz CT molecular complexity index is 1970. The highest BCUT2D eigenvalue weighted by atomic mass is 127. The number of ether oxygens (including phenoxy) is 3. The van der Waals surface area contributed by atoms with Crippen molar-refractivity contribution >= 4 is 108 Å². The lowest BCUT2D eigenvalue weighted by atomic mass is 9.98. The van der Waals surface area contributed by atoms with Crippen molar-refractivity contribution in [2.45, 2.75) is 148 Å². The number of aliphatic hydroxyl groups is 6. The molecule has 0 saturated heterocycles. The van der Waals surface area contributed by atoms with Gasteiger partial charge in [-0.2, -0.15) is 0 Å². The molecular formula is C45H64I4N4O15. The summed E-state index contributed by atoms with van der Waals surface area (Å²) in [6, 6.07) is 7.43. The van der Waals surface area contributed by atoms with E-state index in [1.165, 1.54) is 35.6 Å². The maximum absolute atomic E-state index is 11.4. The molecule has 2 aromatic carbocycles. The normalized spacial score (nSPS) is 14.4. The van der Waals surface area contributed by atoms with E-state index in [9.17, 15) is 39.9 Å². The summed E-state index contributed by atoms with van der Waals surface area (Å²) in [5, 5.41) is 75.1. The van der Waals surface area contributed by atoms with Crippen LogP contribution in [0.1, 0.15) is 98.5 Å². The number of carbonyl (C=O) groups is 3.